The molecule has 0 bridgehead atoms. The second kappa shape index (κ2) is 5.33. The molecule has 0 saturated carbocycles. The van der Waals surface area contributed by atoms with E-state index in [0.29, 0.717) is 5.69 Å². The van der Waals surface area contributed by atoms with Crippen LogP contribution < -0.4 is 10.5 Å². The molecule has 0 aromatic carbocycles. The average Bonchev–Trinajstić information content (AvgIpc) is 2.38. The predicted octanol–water partition coefficient (Wildman–Crippen LogP) is 0.846. The van der Waals surface area contributed by atoms with E-state index in [2.05, 4.69) is 14.7 Å². The number of nitrogens with one attached hydrogen (secondary N) is 1. The summed E-state index contributed by atoms with van der Waals surface area (Å²) in [5, 5.41) is 0. The number of sulfonamides is 1. The number of aromatic nitrogens is 2. The Morgan fingerprint density at radius 3 is 2.58 bits per heavy atom. The lowest BCUT2D eigenvalue weighted by molar-refractivity contribution is 0.580. The minimum absolute atomic E-state index is 0.0206. The SMILES string of the molecule is Cc1cccnc1CNS(=O)(=O)c1cccnc1N. The Balaban J connectivity index is 2.20. The van der Waals surface area contributed by atoms with Crippen LogP contribution in [0.2, 0.25) is 0 Å². The van der Waals surface area contributed by atoms with Crippen LogP contribution in [0.15, 0.2) is 41.6 Å². The van der Waals surface area contributed by atoms with E-state index in [4.69, 9.17) is 5.73 Å². The Hall–Kier alpha value is -1.99. The van der Waals surface area contributed by atoms with Crippen molar-refractivity contribution < 1.29 is 8.42 Å². The number of pyridine rings is 2. The lowest BCUT2D eigenvalue weighted by atomic mass is 10.2. The number of hydrogen-bond acceptors (Lipinski definition) is 5. The van der Waals surface area contributed by atoms with Crippen molar-refractivity contribution in [1.29, 1.82) is 0 Å². The highest BCUT2D eigenvalue weighted by Gasteiger charge is 2.17. The summed E-state index contributed by atoms with van der Waals surface area (Å²) < 4.78 is 26.6. The van der Waals surface area contributed by atoms with Crippen LogP contribution in [0.25, 0.3) is 0 Å². The summed E-state index contributed by atoms with van der Waals surface area (Å²) in [7, 11) is -3.68. The summed E-state index contributed by atoms with van der Waals surface area (Å²) in [5.74, 6) is -0.0206. The first-order chi connectivity index (χ1) is 9.00. The summed E-state index contributed by atoms with van der Waals surface area (Å²) in [4.78, 5) is 7.86. The molecule has 0 aliphatic carbocycles. The van der Waals surface area contributed by atoms with Gasteiger partial charge in [-0.3, -0.25) is 4.98 Å². The maximum atomic E-state index is 12.1. The highest BCUT2D eigenvalue weighted by molar-refractivity contribution is 7.89. The second-order valence-corrected chi connectivity index (χ2v) is 5.71. The van der Waals surface area contributed by atoms with Crippen molar-refractivity contribution in [2.45, 2.75) is 18.4 Å². The van der Waals surface area contributed by atoms with E-state index in [-0.39, 0.29) is 17.3 Å². The van der Waals surface area contributed by atoms with Crippen LogP contribution in [0.4, 0.5) is 5.82 Å². The molecule has 0 spiro atoms. The van der Waals surface area contributed by atoms with Gasteiger partial charge in [0.1, 0.15) is 10.7 Å². The molecule has 6 nitrogen and oxygen atoms in total. The maximum Gasteiger partial charge on any atom is 0.244 e. The molecule has 7 heteroatoms. The van der Waals surface area contributed by atoms with Crippen molar-refractivity contribution in [2.75, 3.05) is 5.73 Å². The monoisotopic (exact) mass is 278 g/mol. The second-order valence-electron chi connectivity index (χ2n) is 3.98. The highest BCUT2D eigenvalue weighted by atomic mass is 32.2. The molecule has 0 amide bonds. The van der Waals surface area contributed by atoms with Crippen molar-refractivity contribution in [3.8, 4) is 0 Å². The number of hydrogen-bond donors (Lipinski definition) is 2. The molecule has 100 valence electrons. The molecule has 19 heavy (non-hydrogen) atoms. The van der Waals surface area contributed by atoms with Gasteiger partial charge in [-0.25, -0.2) is 18.1 Å². The van der Waals surface area contributed by atoms with Crippen LogP contribution in [-0.2, 0) is 16.6 Å². The van der Waals surface area contributed by atoms with Gasteiger partial charge >= 0.3 is 0 Å². The van der Waals surface area contributed by atoms with Crippen LogP contribution in [-0.4, -0.2) is 18.4 Å². The molecular formula is C12H14N4O2S. The molecule has 2 aromatic heterocycles. The lowest BCUT2D eigenvalue weighted by Crippen LogP contribution is -2.25. The Kier molecular flexibility index (Phi) is 3.77. The number of nitrogens with zero attached hydrogens (tertiary/aromatic N) is 2. The predicted molar refractivity (Wildman–Crippen MR) is 71.6 cm³/mol. The number of anilines is 1. The molecule has 0 fully saturated rings. The van der Waals surface area contributed by atoms with Crippen LogP contribution in [0.1, 0.15) is 11.3 Å². The van der Waals surface area contributed by atoms with E-state index < -0.39 is 10.0 Å². The fourth-order valence-electron chi connectivity index (χ4n) is 1.57. The molecule has 2 heterocycles. The van der Waals surface area contributed by atoms with Crippen LogP contribution in [0.3, 0.4) is 0 Å². The molecule has 3 N–H and O–H groups in total. The first-order valence-corrected chi connectivity index (χ1v) is 7.09. The van der Waals surface area contributed by atoms with E-state index >= 15 is 0 Å². The quantitative estimate of drug-likeness (QED) is 0.863. The van der Waals surface area contributed by atoms with E-state index in [1.54, 1.807) is 12.3 Å². The van der Waals surface area contributed by atoms with Crippen molar-refractivity contribution in [2.24, 2.45) is 0 Å². The third kappa shape index (κ3) is 3.07. The summed E-state index contributed by atoms with van der Waals surface area (Å²) in [6.07, 6.45) is 3.06. The minimum atomic E-state index is -3.68. The summed E-state index contributed by atoms with van der Waals surface area (Å²) >= 11 is 0. The fourth-order valence-corrected chi connectivity index (χ4v) is 2.64. The zero-order valence-corrected chi connectivity index (χ0v) is 11.2. The van der Waals surface area contributed by atoms with Crippen LogP contribution in [0, 0.1) is 6.92 Å². The molecule has 0 aliphatic heterocycles. The molecule has 2 rings (SSSR count). The van der Waals surface area contributed by atoms with E-state index in [1.165, 1.54) is 18.3 Å². The number of rotatable bonds is 4. The van der Waals surface area contributed by atoms with Gasteiger partial charge in [-0.05, 0) is 30.7 Å². The Labute approximate surface area is 111 Å². The van der Waals surface area contributed by atoms with Gasteiger partial charge in [0.05, 0.1) is 12.2 Å². The molecule has 0 atom stereocenters. The first-order valence-electron chi connectivity index (χ1n) is 5.61. The van der Waals surface area contributed by atoms with Crippen LogP contribution in [0.5, 0.6) is 0 Å². The summed E-state index contributed by atoms with van der Waals surface area (Å²) in [6.45, 7) is 1.98. The van der Waals surface area contributed by atoms with Gasteiger partial charge in [-0.15, -0.1) is 0 Å². The lowest BCUT2D eigenvalue weighted by Gasteiger charge is -2.09. The van der Waals surface area contributed by atoms with Gasteiger partial charge in [-0.2, -0.15) is 0 Å². The zero-order chi connectivity index (χ0) is 13.9. The van der Waals surface area contributed by atoms with E-state index in [9.17, 15) is 8.42 Å². The van der Waals surface area contributed by atoms with E-state index in [1.807, 2.05) is 13.0 Å². The minimum Gasteiger partial charge on any atom is -0.383 e. The first kappa shape index (κ1) is 13.4. The van der Waals surface area contributed by atoms with Gasteiger partial charge in [0.15, 0.2) is 0 Å². The number of aryl methyl sites for hydroxylation is 1. The Bertz CT molecular complexity index is 686. The van der Waals surface area contributed by atoms with Gasteiger partial charge in [0.25, 0.3) is 0 Å². The third-order valence-corrected chi connectivity index (χ3v) is 4.09. The molecular weight excluding hydrogens is 264 g/mol. The molecule has 0 saturated heterocycles. The zero-order valence-electron chi connectivity index (χ0n) is 10.4. The largest absolute Gasteiger partial charge is 0.383 e. The fraction of sp³-hybridized carbons (Fsp3) is 0.167. The van der Waals surface area contributed by atoms with Crippen LogP contribution >= 0.6 is 0 Å². The van der Waals surface area contributed by atoms with Gasteiger partial charge in [0, 0.05) is 12.4 Å². The number of nitrogen functional groups attached to an aromatic ring is 1. The number of nitrogens with two attached hydrogens (primary N) is 1. The van der Waals surface area contributed by atoms with E-state index in [0.717, 1.165) is 5.56 Å². The van der Waals surface area contributed by atoms with Crippen molar-refractivity contribution in [3.63, 3.8) is 0 Å². The molecule has 0 radical (unpaired) electrons. The normalized spacial score (nSPS) is 11.4. The molecule has 0 unspecified atom stereocenters. The van der Waals surface area contributed by atoms with Crippen molar-refractivity contribution >= 4 is 15.8 Å². The maximum absolute atomic E-state index is 12.1. The van der Waals surface area contributed by atoms with Gasteiger partial charge in [-0.1, -0.05) is 6.07 Å². The average molecular weight is 278 g/mol. The molecule has 2 aromatic rings. The van der Waals surface area contributed by atoms with Crippen molar-refractivity contribution in [1.82, 2.24) is 14.7 Å². The Morgan fingerprint density at radius 1 is 1.21 bits per heavy atom. The molecule has 0 aliphatic rings. The van der Waals surface area contributed by atoms with Gasteiger partial charge < -0.3 is 5.73 Å². The standard InChI is InChI=1S/C12H14N4O2S/c1-9-4-2-6-14-10(9)8-16-19(17,18)11-5-3-7-15-12(11)13/h2-7,16H,8H2,1H3,(H2,13,15). The highest BCUT2D eigenvalue weighted by Crippen LogP contribution is 2.14. The Morgan fingerprint density at radius 2 is 1.89 bits per heavy atom. The summed E-state index contributed by atoms with van der Waals surface area (Å²) in [5.41, 5.74) is 7.15. The summed E-state index contributed by atoms with van der Waals surface area (Å²) in [6, 6.07) is 6.61. The van der Waals surface area contributed by atoms with Crippen molar-refractivity contribution in [3.05, 3.63) is 47.9 Å². The smallest absolute Gasteiger partial charge is 0.244 e. The van der Waals surface area contributed by atoms with Gasteiger partial charge in [0.2, 0.25) is 10.0 Å². The third-order valence-electron chi connectivity index (χ3n) is 2.64. The topological polar surface area (TPSA) is 98.0 Å².